The number of allylic oxidation sites excluding steroid dienone is 5. The zero-order valence-electron chi connectivity index (χ0n) is 13.2. The van der Waals surface area contributed by atoms with Crippen LogP contribution in [0.3, 0.4) is 0 Å². The fourth-order valence-electron chi connectivity index (χ4n) is 1.43. The van der Waals surface area contributed by atoms with Gasteiger partial charge in [0.2, 0.25) is 0 Å². The van der Waals surface area contributed by atoms with E-state index in [-0.39, 0.29) is 19.1 Å². The van der Waals surface area contributed by atoms with E-state index in [1.807, 2.05) is 45.1 Å². The van der Waals surface area contributed by atoms with Crippen LogP contribution in [0.15, 0.2) is 48.6 Å². The summed E-state index contributed by atoms with van der Waals surface area (Å²) in [7, 11) is -4.02. The van der Waals surface area contributed by atoms with Gasteiger partial charge in [-0.3, -0.25) is 9.05 Å². The third-order valence-electron chi connectivity index (χ3n) is 2.80. The molecule has 0 aromatic rings. The summed E-state index contributed by atoms with van der Waals surface area (Å²) in [6, 6.07) is 0. The van der Waals surface area contributed by atoms with Gasteiger partial charge in [-0.05, 0) is 31.8 Å². The Labute approximate surface area is 128 Å². The zero-order valence-corrected chi connectivity index (χ0v) is 14.1. The number of phosphoric ester groups is 1. The molecule has 2 unspecified atom stereocenters. The van der Waals surface area contributed by atoms with Crippen LogP contribution in [0.1, 0.15) is 33.6 Å². The minimum absolute atomic E-state index is 0.0342. The molecule has 0 aromatic heterocycles. The Balaban J connectivity index is 4.18. The number of hydrogen-bond acceptors (Lipinski definition) is 3. The summed E-state index contributed by atoms with van der Waals surface area (Å²) >= 11 is 0. The first-order chi connectivity index (χ1) is 9.95. The molecule has 2 atom stereocenters. The maximum atomic E-state index is 11.8. The lowest BCUT2D eigenvalue weighted by atomic mass is 10.0. The van der Waals surface area contributed by atoms with Crippen molar-refractivity contribution in [2.75, 3.05) is 13.2 Å². The van der Waals surface area contributed by atoms with E-state index < -0.39 is 7.82 Å². The highest BCUT2D eigenvalue weighted by molar-refractivity contribution is 7.47. The Bertz CT molecular complexity index is 424. The Morgan fingerprint density at radius 1 is 1.29 bits per heavy atom. The average Bonchev–Trinajstić information content (AvgIpc) is 2.46. The third kappa shape index (κ3) is 11.4. The Morgan fingerprint density at radius 3 is 2.57 bits per heavy atom. The molecule has 1 N–H and O–H groups in total. The van der Waals surface area contributed by atoms with E-state index in [4.69, 9.17) is 9.05 Å². The highest BCUT2D eigenvalue weighted by Crippen LogP contribution is 2.44. The van der Waals surface area contributed by atoms with E-state index in [2.05, 4.69) is 6.58 Å². The lowest BCUT2D eigenvalue weighted by Gasteiger charge is -2.16. The Kier molecular flexibility index (Phi) is 11.2. The second-order valence-corrected chi connectivity index (χ2v) is 6.11. The van der Waals surface area contributed by atoms with Crippen molar-refractivity contribution < 1.29 is 18.5 Å². The summed E-state index contributed by atoms with van der Waals surface area (Å²) in [5.74, 6) is 0.211. The monoisotopic (exact) mass is 314 g/mol. The number of rotatable bonds is 11. The summed E-state index contributed by atoms with van der Waals surface area (Å²) in [5, 5.41) is 0. The minimum Gasteiger partial charge on any atom is -0.302 e. The molecule has 0 fully saturated rings. The molecule has 0 rings (SSSR count). The predicted molar refractivity (Wildman–Crippen MR) is 88.0 cm³/mol. The molecule has 0 aliphatic rings. The second-order valence-electron chi connectivity index (χ2n) is 4.66. The molecular formula is C16H27O4P. The molecule has 120 valence electrons. The van der Waals surface area contributed by atoms with Gasteiger partial charge < -0.3 is 4.89 Å². The highest BCUT2D eigenvalue weighted by Gasteiger charge is 2.22. The molecule has 0 radical (unpaired) electrons. The molecule has 0 aromatic carbocycles. The van der Waals surface area contributed by atoms with Gasteiger partial charge in [0.1, 0.15) is 0 Å². The molecule has 21 heavy (non-hydrogen) atoms. The summed E-state index contributed by atoms with van der Waals surface area (Å²) in [6.07, 6.45) is 12.9. The maximum absolute atomic E-state index is 11.8. The van der Waals surface area contributed by atoms with Crippen molar-refractivity contribution >= 4 is 7.82 Å². The lowest BCUT2D eigenvalue weighted by molar-refractivity contribution is 0.138. The Morgan fingerprint density at radius 2 is 2.00 bits per heavy atom. The molecule has 0 spiro atoms. The molecule has 0 saturated heterocycles. The zero-order chi connectivity index (χ0) is 16.1. The van der Waals surface area contributed by atoms with Gasteiger partial charge in [0.15, 0.2) is 0 Å². The third-order valence-corrected chi connectivity index (χ3v) is 3.74. The van der Waals surface area contributed by atoms with Gasteiger partial charge in [0, 0.05) is 0 Å². The van der Waals surface area contributed by atoms with Crippen molar-refractivity contribution in [3.63, 3.8) is 0 Å². The quantitative estimate of drug-likeness (QED) is 0.338. The average molecular weight is 314 g/mol. The first-order valence-electron chi connectivity index (χ1n) is 7.15. The van der Waals surface area contributed by atoms with Gasteiger partial charge in [0.25, 0.3) is 0 Å². The first-order valence-corrected chi connectivity index (χ1v) is 8.64. The molecule has 0 aliphatic heterocycles. The van der Waals surface area contributed by atoms with Crippen molar-refractivity contribution in [1.82, 2.24) is 0 Å². The summed E-state index contributed by atoms with van der Waals surface area (Å²) in [6.45, 7) is 9.78. The van der Waals surface area contributed by atoms with Crippen molar-refractivity contribution in [2.45, 2.75) is 33.6 Å². The smallest absolute Gasteiger partial charge is 0.302 e. The van der Waals surface area contributed by atoms with Crippen LogP contribution >= 0.6 is 7.82 Å². The van der Waals surface area contributed by atoms with Crippen LogP contribution in [0, 0.1) is 5.92 Å². The van der Waals surface area contributed by atoms with Gasteiger partial charge in [-0.1, -0.05) is 56.4 Å². The highest BCUT2D eigenvalue weighted by atomic mass is 31.2. The van der Waals surface area contributed by atoms with E-state index in [0.717, 1.165) is 12.8 Å². The Hall–Kier alpha value is -0.930. The predicted octanol–water partition coefficient (Wildman–Crippen LogP) is 4.80. The fourth-order valence-corrected chi connectivity index (χ4v) is 2.24. The van der Waals surface area contributed by atoms with E-state index in [1.54, 1.807) is 12.2 Å². The normalized spacial score (nSPS) is 16.8. The van der Waals surface area contributed by atoms with Crippen LogP contribution in [0.4, 0.5) is 0 Å². The van der Waals surface area contributed by atoms with Gasteiger partial charge in [-0.15, -0.1) is 0 Å². The van der Waals surface area contributed by atoms with Gasteiger partial charge in [0.05, 0.1) is 13.2 Å². The van der Waals surface area contributed by atoms with Gasteiger partial charge in [-0.2, -0.15) is 0 Å². The van der Waals surface area contributed by atoms with E-state index in [0.29, 0.717) is 5.57 Å². The largest absolute Gasteiger partial charge is 0.472 e. The number of hydrogen-bond donors (Lipinski definition) is 1. The van der Waals surface area contributed by atoms with Crippen molar-refractivity contribution in [2.24, 2.45) is 5.92 Å². The molecule has 0 heterocycles. The van der Waals surface area contributed by atoms with E-state index >= 15 is 0 Å². The van der Waals surface area contributed by atoms with Crippen LogP contribution in [0.25, 0.3) is 0 Å². The molecule has 0 aliphatic carbocycles. The minimum atomic E-state index is -4.02. The summed E-state index contributed by atoms with van der Waals surface area (Å²) in [4.78, 5) is 9.62. The standard InChI is InChI=1S/C16H27O4P/c1-5-8-10-11-15(4)13-19-21(17,18)20-14-16(7-3)12-9-6-2/h5-6,8-11,16H,4,7,12-14H2,1-3H3,(H,17,18). The van der Waals surface area contributed by atoms with Crippen LogP contribution in [-0.2, 0) is 13.6 Å². The lowest BCUT2D eigenvalue weighted by Crippen LogP contribution is -2.08. The van der Waals surface area contributed by atoms with E-state index in [1.165, 1.54) is 0 Å². The molecular weight excluding hydrogens is 287 g/mol. The summed E-state index contributed by atoms with van der Waals surface area (Å²) < 4.78 is 21.7. The van der Waals surface area contributed by atoms with Crippen LogP contribution in [0.5, 0.6) is 0 Å². The van der Waals surface area contributed by atoms with Crippen LogP contribution in [0.2, 0.25) is 0 Å². The molecule has 0 amide bonds. The first kappa shape index (κ1) is 20.1. The second kappa shape index (κ2) is 11.7. The molecule has 5 heteroatoms. The maximum Gasteiger partial charge on any atom is 0.472 e. The van der Waals surface area contributed by atoms with Gasteiger partial charge >= 0.3 is 7.82 Å². The van der Waals surface area contributed by atoms with Gasteiger partial charge in [-0.25, -0.2) is 4.57 Å². The summed E-state index contributed by atoms with van der Waals surface area (Å²) in [5.41, 5.74) is 0.604. The van der Waals surface area contributed by atoms with Crippen molar-refractivity contribution in [3.05, 3.63) is 48.6 Å². The SMILES string of the molecule is C=C(C=CC=CC)COP(=O)(O)OCC(CC)CC=CC. The van der Waals surface area contributed by atoms with Crippen molar-refractivity contribution in [1.29, 1.82) is 0 Å². The van der Waals surface area contributed by atoms with E-state index in [9.17, 15) is 9.46 Å². The molecule has 4 nitrogen and oxygen atoms in total. The molecule has 0 bridgehead atoms. The van der Waals surface area contributed by atoms with Crippen molar-refractivity contribution in [3.8, 4) is 0 Å². The fraction of sp³-hybridized carbons (Fsp3) is 0.500. The molecule has 0 saturated carbocycles. The van der Waals surface area contributed by atoms with Crippen LogP contribution in [-0.4, -0.2) is 18.1 Å². The van der Waals surface area contributed by atoms with Crippen LogP contribution < -0.4 is 0 Å². The number of phosphoric acid groups is 1. The topological polar surface area (TPSA) is 55.8 Å².